The summed E-state index contributed by atoms with van der Waals surface area (Å²) < 4.78 is 8.75. The third-order valence-corrected chi connectivity index (χ3v) is 10.8. The molecule has 2 aliphatic rings. The minimum Gasteiger partial charge on any atom is -0.481 e. The van der Waals surface area contributed by atoms with Gasteiger partial charge in [-0.05, 0) is 37.9 Å². The van der Waals surface area contributed by atoms with Gasteiger partial charge in [0.05, 0.1) is 35.3 Å². The Bertz CT molecular complexity index is 2240. The molecular formula is C38H39Cl2N7O5. The SMILES string of the molecule is COc1nc(-c2cccc(-c3cccc(-c4cc5c(=O)n(C)c(CN6CCC[C@@H](C(=O)O)C6)nn5c4)c3Cl)c2Cl)ccc1CNC[C@H]1CCC(=O)N1. The van der Waals surface area contributed by atoms with E-state index in [0.717, 1.165) is 36.1 Å². The molecule has 14 heteroatoms. The minimum atomic E-state index is -0.798. The number of piperidine rings is 1. The Morgan fingerprint density at radius 2 is 1.77 bits per heavy atom. The molecule has 2 atom stereocenters. The predicted octanol–water partition coefficient (Wildman–Crippen LogP) is 5.41. The van der Waals surface area contributed by atoms with Crippen molar-refractivity contribution in [1.82, 2.24) is 34.7 Å². The number of carboxylic acids is 1. The average Bonchev–Trinajstić information content (AvgIpc) is 3.77. The quantitative estimate of drug-likeness (QED) is 0.162. The maximum absolute atomic E-state index is 13.5. The molecule has 3 aromatic heterocycles. The first-order valence-electron chi connectivity index (χ1n) is 17.3. The van der Waals surface area contributed by atoms with Crippen molar-refractivity contribution < 1.29 is 19.4 Å². The lowest BCUT2D eigenvalue weighted by Crippen LogP contribution is -2.40. The smallest absolute Gasteiger partial charge is 0.307 e. The van der Waals surface area contributed by atoms with Gasteiger partial charge in [-0.3, -0.25) is 23.9 Å². The second kappa shape index (κ2) is 15.1. The number of aromatic nitrogens is 4. The Balaban J connectivity index is 1.15. The summed E-state index contributed by atoms with van der Waals surface area (Å²) in [6.07, 6.45) is 4.59. The molecule has 2 aromatic carbocycles. The fourth-order valence-corrected chi connectivity index (χ4v) is 7.76. The molecule has 0 saturated carbocycles. The lowest BCUT2D eigenvalue weighted by molar-refractivity contribution is -0.143. The molecule has 12 nitrogen and oxygen atoms in total. The summed E-state index contributed by atoms with van der Waals surface area (Å²) in [4.78, 5) is 43.4. The molecule has 270 valence electrons. The van der Waals surface area contributed by atoms with Crippen LogP contribution in [0, 0.1) is 5.92 Å². The third-order valence-electron chi connectivity index (χ3n) is 9.95. The molecule has 2 saturated heterocycles. The normalized spacial score (nSPS) is 17.8. The highest BCUT2D eigenvalue weighted by molar-refractivity contribution is 6.39. The molecule has 0 aliphatic carbocycles. The van der Waals surface area contributed by atoms with Crippen molar-refractivity contribution in [2.24, 2.45) is 13.0 Å². The number of hydrogen-bond donors (Lipinski definition) is 3. The number of benzene rings is 2. The van der Waals surface area contributed by atoms with Crippen LogP contribution in [-0.4, -0.2) is 73.8 Å². The molecule has 0 spiro atoms. The van der Waals surface area contributed by atoms with Gasteiger partial charge in [0.2, 0.25) is 11.8 Å². The number of hydrogen-bond acceptors (Lipinski definition) is 8. The zero-order valence-corrected chi connectivity index (χ0v) is 30.4. The van der Waals surface area contributed by atoms with Gasteiger partial charge < -0.3 is 20.5 Å². The summed E-state index contributed by atoms with van der Waals surface area (Å²) in [5.74, 6) is -0.118. The standard InChI is InChI=1S/C38H39Cl2N7O5/c1-45-32(21-46-15-5-6-23(19-46)38(50)51)44-47-20-24(16-31(47)37(45)49)26-7-3-8-27(34(26)39)28-9-4-10-29(35(28)40)30-13-11-22(36(43-30)52-2)17-41-18-25-12-14-33(48)42-25/h3-4,7-11,13,16,20,23,25,41H,5-6,12,14-15,17-19,21H2,1-2H3,(H,42,48)(H,50,51)/t23-,25-/m1/s1. The molecule has 3 N–H and O–H groups in total. The number of aliphatic carboxylic acids is 1. The van der Waals surface area contributed by atoms with E-state index < -0.39 is 11.9 Å². The maximum atomic E-state index is 13.5. The second-order valence-corrected chi connectivity index (χ2v) is 14.1. The van der Waals surface area contributed by atoms with Gasteiger partial charge in [0.25, 0.3) is 5.56 Å². The van der Waals surface area contributed by atoms with Gasteiger partial charge in [-0.15, -0.1) is 0 Å². The van der Waals surface area contributed by atoms with Crippen molar-refractivity contribution in [3.05, 3.63) is 92.6 Å². The summed E-state index contributed by atoms with van der Waals surface area (Å²) in [5.41, 5.74) is 5.29. The number of carbonyl (C=O) groups excluding carboxylic acids is 1. The number of methoxy groups -OCH3 is 1. The van der Waals surface area contributed by atoms with Gasteiger partial charge >= 0.3 is 5.97 Å². The molecule has 5 aromatic rings. The van der Waals surface area contributed by atoms with Crippen LogP contribution in [0.4, 0.5) is 0 Å². The van der Waals surface area contributed by atoms with Crippen LogP contribution in [0.1, 0.15) is 37.1 Å². The summed E-state index contributed by atoms with van der Waals surface area (Å²) >= 11 is 14.2. The summed E-state index contributed by atoms with van der Waals surface area (Å²) in [5, 5.41) is 21.6. The molecule has 2 fully saturated rings. The number of ether oxygens (including phenoxy) is 1. The fraction of sp³-hybridized carbons (Fsp3) is 0.342. The van der Waals surface area contributed by atoms with Gasteiger partial charge in [-0.2, -0.15) is 5.10 Å². The van der Waals surface area contributed by atoms with Crippen LogP contribution in [0.3, 0.4) is 0 Å². The van der Waals surface area contributed by atoms with Crippen LogP contribution in [0.15, 0.2) is 65.6 Å². The number of pyridine rings is 1. The van der Waals surface area contributed by atoms with E-state index in [1.165, 1.54) is 4.57 Å². The van der Waals surface area contributed by atoms with Crippen LogP contribution in [0.5, 0.6) is 5.88 Å². The first kappa shape index (κ1) is 35.6. The molecule has 0 bridgehead atoms. The zero-order chi connectivity index (χ0) is 36.5. The van der Waals surface area contributed by atoms with Crippen molar-refractivity contribution >= 4 is 40.6 Å². The monoisotopic (exact) mass is 743 g/mol. The van der Waals surface area contributed by atoms with Gasteiger partial charge in [0.1, 0.15) is 11.3 Å². The molecule has 2 aliphatic heterocycles. The van der Waals surface area contributed by atoms with E-state index >= 15 is 0 Å². The Morgan fingerprint density at radius 1 is 1.04 bits per heavy atom. The van der Waals surface area contributed by atoms with Gasteiger partial charge in [-0.1, -0.05) is 65.7 Å². The van der Waals surface area contributed by atoms with Crippen molar-refractivity contribution in [3.63, 3.8) is 0 Å². The molecule has 0 radical (unpaired) electrons. The Labute approximate surface area is 310 Å². The number of amides is 1. The van der Waals surface area contributed by atoms with Crippen molar-refractivity contribution in [2.45, 2.75) is 44.8 Å². The number of carbonyl (C=O) groups is 2. The van der Waals surface area contributed by atoms with E-state index in [4.69, 9.17) is 38.0 Å². The highest BCUT2D eigenvalue weighted by Gasteiger charge is 2.27. The highest BCUT2D eigenvalue weighted by Crippen LogP contribution is 2.42. The number of halogens is 2. The number of rotatable bonds is 11. The van der Waals surface area contributed by atoms with E-state index in [-0.39, 0.29) is 17.5 Å². The van der Waals surface area contributed by atoms with Gasteiger partial charge in [0.15, 0.2) is 0 Å². The third kappa shape index (κ3) is 7.16. The van der Waals surface area contributed by atoms with E-state index in [1.54, 1.807) is 30.9 Å². The molecule has 1 amide bonds. The molecule has 7 rings (SSSR count). The van der Waals surface area contributed by atoms with Crippen LogP contribution in [0.2, 0.25) is 10.0 Å². The first-order valence-corrected chi connectivity index (χ1v) is 18.0. The van der Waals surface area contributed by atoms with E-state index in [9.17, 15) is 19.5 Å². The summed E-state index contributed by atoms with van der Waals surface area (Å²) in [7, 11) is 3.27. The van der Waals surface area contributed by atoms with E-state index in [2.05, 4.69) is 10.6 Å². The summed E-state index contributed by atoms with van der Waals surface area (Å²) in [6, 6.07) is 17.2. The molecule has 5 heterocycles. The molecule has 52 heavy (non-hydrogen) atoms. The Morgan fingerprint density at radius 3 is 2.48 bits per heavy atom. The van der Waals surface area contributed by atoms with Gasteiger partial charge in [-0.25, -0.2) is 9.50 Å². The van der Waals surface area contributed by atoms with Crippen LogP contribution in [0.25, 0.3) is 39.0 Å². The van der Waals surface area contributed by atoms with Gasteiger partial charge in [0, 0.05) is 78.7 Å². The largest absolute Gasteiger partial charge is 0.481 e. The highest BCUT2D eigenvalue weighted by atomic mass is 35.5. The maximum Gasteiger partial charge on any atom is 0.307 e. The minimum absolute atomic E-state index is 0.0865. The topological polar surface area (TPSA) is 143 Å². The second-order valence-electron chi connectivity index (χ2n) is 13.4. The first-order chi connectivity index (χ1) is 25.1. The fourth-order valence-electron chi connectivity index (χ4n) is 7.10. The van der Waals surface area contributed by atoms with Crippen LogP contribution in [-0.2, 0) is 29.7 Å². The lowest BCUT2D eigenvalue weighted by Gasteiger charge is -2.30. The van der Waals surface area contributed by atoms with Crippen molar-refractivity contribution in [3.8, 4) is 39.4 Å². The number of carboxylic acid groups (broad SMARTS) is 1. The lowest BCUT2D eigenvalue weighted by atomic mass is 9.97. The molecule has 0 unspecified atom stereocenters. The average molecular weight is 745 g/mol. The number of nitrogens with one attached hydrogen (secondary N) is 2. The predicted molar refractivity (Wildman–Crippen MR) is 200 cm³/mol. The van der Waals surface area contributed by atoms with Crippen LogP contribution < -0.4 is 20.9 Å². The Hall–Kier alpha value is -4.75. The summed E-state index contributed by atoms with van der Waals surface area (Å²) in [6.45, 7) is 2.72. The number of fused-ring (bicyclic) bond motifs is 1. The zero-order valence-electron chi connectivity index (χ0n) is 28.9. The number of likely N-dealkylation sites (tertiary alicyclic amines) is 1. The van der Waals surface area contributed by atoms with E-state index in [0.29, 0.717) is 88.7 Å². The van der Waals surface area contributed by atoms with Crippen LogP contribution >= 0.6 is 23.2 Å². The van der Waals surface area contributed by atoms with E-state index in [1.807, 2.05) is 53.4 Å². The Kier molecular flexibility index (Phi) is 10.3. The molecular weight excluding hydrogens is 705 g/mol. The van der Waals surface area contributed by atoms with Crippen molar-refractivity contribution in [2.75, 3.05) is 26.7 Å². The van der Waals surface area contributed by atoms with Crippen molar-refractivity contribution in [1.29, 1.82) is 0 Å². The number of nitrogens with zero attached hydrogens (tertiary/aromatic N) is 5.